The van der Waals surface area contributed by atoms with Crippen LogP contribution in [0.5, 0.6) is 0 Å². The lowest BCUT2D eigenvalue weighted by molar-refractivity contribution is 0.0543. The number of carbonyl (C=O) groups is 1. The van der Waals surface area contributed by atoms with Crippen molar-refractivity contribution in [3.05, 3.63) is 18.1 Å². The van der Waals surface area contributed by atoms with Crippen molar-refractivity contribution >= 4 is 31.0 Å². The van der Waals surface area contributed by atoms with Crippen LogP contribution >= 0.6 is 0 Å². The van der Waals surface area contributed by atoms with Crippen LogP contribution in [0.3, 0.4) is 0 Å². The summed E-state index contributed by atoms with van der Waals surface area (Å²) in [6.45, 7) is 19.1. The number of hydrogen-bond acceptors (Lipinski definition) is 5. The van der Waals surface area contributed by atoms with Crippen LogP contribution in [0.4, 0.5) is 10.6 Å². The van der Waals surface area contributed by atoms with Crippen LogP contribution in [0.2, 0.25) is 16.6 Å². The maximum absolute atomic E-state index is 12.7. The topological polar surface area (TPSA) is 83.0 Å². The Bertz CT molecular complexity index is 937. The van der Waals surface area contributed by atoms with Crippen LogP contribution in [0.15, 0.2) is 12.5 Å². The van der Waals surface area contributed by atoms with Gasteiger partial charge in [0, 0.05) is 6.20 Å². The van der Waals surface area contributed by atoms with Crippen molar-refractivity contribution in [3.63, 3.8) is 0 Å². The molecule has 0 aliphatic carbocycles. The van der Waals surface area contributed by atoms with Crippen molar-refractivity contribution in [3.8, 4) is 11.5 Å². The molecule has 0 atom stereocenters. The van der Waals surface area contributed by atoms with Crippen LogP contribution < -0.4 is 5.73 Å². The molecule has 0 unspecified atom stereocenters. The highest BCUT2D eigenvalue weighted by Crippen LogP contribution is 2.41. The molecule has 0 aliphatic rings. The zero-order chi connectivity index (χ0) is 22.1. The molecule has 2 heterocycles. The second kappa shape index (κ2) is 8.19. The van der Waals surface area contributed by atoms with Crippen molar-refractivity contribution in [2.24, 2.45) is 0 Å². The number of nitrogen functional groups attached to an aromatic ring is 1. The van der Waals surface area contributed by atoms with E-state index in [0.717, 1.165) is 0 Å². The lowest BCUT2D eigenvalue weighted by atomic mass is 10.2. The number of hydrogen-bond donors (Lipinski definition) is 1. The second-order valence-corrected chi connectivity index (χ2v) is 15.1. The van der Waals surface area contributed by atoms with Gasteiger partial charge in [-0.05, 0) is 37.4 Å². The number of nitrogens with two attached hydrogens (primary N) is 1. The first-order valence-corrected chi connectivity index (χ1v) is 12.4. The van der Waals surface area contributed by atoms with Gasteiger partial charge in [0.2, 0.25) is 0 Å². The summed E-state index contributed by atoms with van der Waals surface area (Å²) in [6.07, 6.45) is 2.52. The van der Waals surface area contributed by atoms with Crippen LogP contribution in [-0.4, -0.2) is 34.3 Å². The SMILES string of the molecule is CC(C)[Si](C#Cc1cn(C(=O)OC(C)(C)C)c2ncnc(N)c12)(C(C)C)C(C)C. The summed E-state index contributed by atoms with van der Waals surface area (Å²) in [5.41, 5.74) is 11.8. The monoisotopic (exact) mass is 414 g/mol. The van der Waals surface area contributed by atoms with E-state index >= 15 is 0 Å². The van der Waals surface area contributed by atoms with Gasteiger partial charge >= 0.3 is 6.09 Å². The molecule has 0 spiro atoms. The Hall–Kier alpha value is -2.33. The van der Waals surface area contributed by atoms with Gasteiger partial charge in [-0.2, -0.15) is 0 Å². The Morgan fingerprint density at radius 1 is 1.10 bits per heavy atom. The first-order valence-electron chi connectivity index (χ1n) is 10.2. The number of rotatable bonds is 3. The first kappa shape index (κ1) is 23.0. The fourth-order valence-electron chi connectivity index (χ4n) is 4.24. The highest BCUT2D eigenvalue weighted by molar-refractivity contribution is 6.90. The molecule has 2 rings (SSSR count). The molecule has 0 aliphatic heterocycles. The molecule has 0 amide bonds. The Labute approximate surface area is 175 Å². The summed E-state index contributed by atoms with van der Waals surface area (Å²) in [4.78, 5) is 21.1. The standard InChI is InChI=1S/C22H34N4O2Si/c1-14(2)29(15(3)4,16(5)6)11-10-17-12-26(21(27)28-22(7,8)9)20-18(17)19(23)24-13-25-20/h12-16H,1-9H3,(H2,23,24,25). The Morgan fingerprint density at radius 3 is 2.14 bits per heavy atom. The minimum Gasteiger partial charge on any atom is -0.443 e. The van der Waals surface area contributed by atoms with Gasteiger partial charge < -0.3 is 10.5 Å². The van der Waals surface area contributed by atoms with Gasteiger partial charge in [-0.15, -0.1) is 5.54 Å². The Balaban J connectivity index is 2.70. The lowest BCUT2D eigenvalue weighted by Gasteiger charge is -2.38. The lowest BCUT2D eigenvalue weighted by Crippen LogP contribution is -2.43. The first-order chi connectivity index (χ1) is 13.3. The molecular formula is C22H34N4O2Si. The third-order valence-electron chi connectivity index (χ3n) is 5.48. The fraction of sp³-hybridized carbons (Fsp3) is 0.591. The van der Waals surface area contributed by atoms with Gasteiger partial charge in [0.15, 0.2) is 5.65 Å². The molecule has 0 fully saturated rings. The summed E-state index contributed by atoms with van der Waals surface area (Å²) in [7, 11) is -1.94. The highest BCUT2D eigenvalue weighted by Gasteiger charge is 2.41. The molecule has 0 radical (unpaired) electrons. The molecule has 6 nitrogen and oxygen atoms in total. The van der Waals surface area contributed by atoms with Gasteiger partial charge in [0.25, 0.3) is 0 Å². The van der Waals surface area contributed by atoms with Gasteiger partial charge in [-0.3, -0.25) is 0 Å². The largest absolute Gasteiger partial charge is 0.443 e. The van der Waals surface area contributed by atoms with E-state index in [1.165, 1.54) is 10.9 Å². The highest BCUT2D eigenvalue weighted by atomic mass is 28.3. The Kier molecular flexibility index (Phi) is 6.48. The minimum atomic E-state index is -1.94. The second-order valence-electron chi connectivity index (χ2n) is 9.50. The number of fused-ring (bicyclic) bond motifs is 1. The van der Waals surface area contributed by atoms with E-state index < -0.39 is 19.8 Å². The molecule has 2 N–H and O–H groups in total. The number of anilines is 1. The van der Waals surface area contributed by atoms with E-state index in [2.05, 4.69) is 63.0 Å². The van der Waals surface area contributed by atoms with Crippen molar-refractivity contribution in [2.45, 2.75) is 84.5 Å². The number of nitrogens with zero attached hydrogens (tertiary/aromatic N) is 3. The third-order valence-corrected chi connectivity index (χ3v) is 11.8. The van der Waals surface area contributed by atoms with E-state index in [1.807, 2.05) is 20.8 Å². The van der Waals surface area contributed by atoms with E-state index in [1.54, 1.807) is 6.20 Å². The van der Waals surface area contributed by atoms with Gasteiger partial charge in [-0.1, -0.05) is 47.5 Å². The molecule has 7 heteroatoms. The van der Waals surface area contributed by atoms with E-state index in [4.69, 9.17) is 10.5 Å². The quantitative estimate of drug-likeness (QED) is 0.539. The van der Waals surface area contributed by atoms with Crippen LogP contribution in [0, 0.1) is 11.5 Å². The van der Waals surface area contributed by atoms with Crippen molar-refractivity contribution < 1.29 is 9.53 Å². The van der Waals surface area contributed by atoms with Crippen molar-refractivity contribution in [1.29, 1.82) is 0 Å². The summed E-state index contributed by atoms with van der Waals surface area (Å²) < 4.78 is 6.91. The van der Waals surface area contributed by atoms with Crippen LogP contribution in [0.1, 0.15) is 67.9 Å². The molecule has 0 bridgehead atoms. The molecule has 158 valence electrons. The van der Waals surface area contributed by atoms with Crippen molar-refractivity contribution in [1.82, 2.24) is 14.5 Å². The molecule has 0 aromatic carbocycles. The summed E-state index contributed by atoms with van der Waals surface area (Å²) in [5, 5.41) is 0.602. The molecule has 0 saturated heterocycles. The fourth-order valence-corrected chi connectivity index (χ4v) is 9.46. The summed E-state index contributed by atoms with van der Waals surface area (Å²) in [5.74, 6) is 3.69. The van der Waals surface area contributed by atoms with Crippen LogP contribution in [-0.2, 0) is 4.74 Å². The van der Waals surface area contributed by atoms with E-state index in [-0.39, 0.29) is 0 Å². The maximum atomic E-state index is 12.7. The molecular weight excluding hydrogens is 380 g/mol. The molecule has 29 heavy (non-hydrogen) atoms. The predicted molar refractivity (Wildman–Crippen MR) is 121 cm³/mol. The maximum Gasteiger partial charge on any atom is 0.420 e. The van der Waals surface area contributed by atoms with Gasteiger partial charge in [0.05, 0.1) is 10.9 Å². The normalized spacial score (nSPS) is 12.6. The van der Waals surface area contributed by atoms with E-state index in [0.29, 0.717) is 39.0 Å². The third kappa shape index (κ3) is 4.48. The number of carbonyl (C=O) groups excluding carboxylic acids is 1. The van der Waals surface area contributed by atoms with Gasteiger partial charge in [-0.25, -0.2) is 19.3 Å². The zero-order valence-electron chi connectivity index (χ0n) is 19.1. The number of ether oxygens (including phenoxy) is 1. The molecule has 2 aromatic heterocycles. The number of aromatic nitrogens is 3. The summed E-state index contributed by atoms with van der Waals surface area (Å²) >= 11 is 0. The zero-order valence-corrected chi connectivity index (χ0v) is 20.1. The average molecular weight is 415 g/mol. The average Bonchev–Trinajstić information content (AvgIpc) is 2.93. The van der Waals surface area contributed by atoms with E-state index in [9.17, 15) is 4.79 Å². The minimum absolute atomic E-state index is 0.313. The van der Waals surface area contributed by atoms with Crippen LogP contribution in [0.25, 0.3) is 11.0 Å². The van der Waals surface area contributed by atoms with Crippen molar-refractivity contribution in [2.75, 3.05) is 5.73 Å². The van der Waals surface area contributed by atoms with Gasteiger partial charge in [0.1, 0.15) is 25.8 Å². The molecule has 2 aromatic rings. The summed E-state index contributed by atoms with van der Waals surface area (Å²) in [6, 6.07) is 0. The predicted octanol–water partition coefficient (Wildman–Crippen LogP) is 5.37. The smallest absolute Gasteiger partial charge is 0.420 e. The Morgan fingerprint density at radius 2 is 1.66 bits per heavy atom. The molecule has 0 saturated carbocycles.